The zero-order chi connectivity index (χ0) is 22.7. The van der Waals surface area contributed by atoms with E-state index in [2.05, 4.69) is 5.32 Å². The molecule has 1 fully saturated rings. The SMILES string of the molecule is CCn1nc(CCCOC(=O)c2ccc(C)cc2F)c2c1C(=O)NCC1(CCOCC1)C2. The summed E-state index contributed by atoms with van der Waals surface area (Å²) in [5, 5.41) is 7.80. The molecule has 4 rings (SSSR count). The molecule has 0 aliphatic carbocycles. The van der Waals surface area contributed by atoms with Crippen molar-refractivity contribution in [1.82, 2.24) is 15.1 Å². The second-order valence-corrected chi connectivity index (χ2v) is 8.78. The number of esters is 1. The van der Waals surface area contributed by atoms with Crippen molar-refractivity contribution < 1.29 is 23.5 Å². The minimum atomic E-state index is -0.666. The maximum Gasteiger partial charge on any atom is 0.341 e. The Morgan fingerprint density at radius 1 is 1.34 bits per heavy atom. The fourth-order valence-corrected chi connectivity index (χ4v) is 4.63. The number of nitrogens with zero attached hydrogens (tertiary/aromatic N) is 2. The van der Waals surface area contributed by atoms with Gasteiger partial charge in [-0.2, -0.15) is 5.10 Å². The number of carbonyl (C=O) groups is 2. The van der Waals surface area contributed by atoms with Gasteiger partial charge in [-0.05, 0) is 69.1 Å². The zero-order valence-electron chi connectivity index (χ0n) is 18.7. The van der Waals surface area contributed by atoms with Crippen molar-refractivity contribution in [2.45, 2.75) is 52.5 Å². The molecule has 2 aromatic rings. The topological polar surface area (TPSA) is 82.5 Å². The summed E-state index contributed by atoms with van der Waals surface area (Å²) >= 11 is 0. The van der Waals surface area contributed by atoms with E-state index < -0.39 is 11.8 Å². The molecule has 0 radical (unpaired) electrons. The van der Waals surface area contributed by atoms with Crippen LogP contribution in [0.3, 0.4) is 0 Å². The first-order valence-corrected chi connectivity index (χ1v) is 11.3. The van der Waals surface area contributed by atoms with Crippen molar-refractivity contribution in [3.63, 3.8) is 0 Å². The summed E-state index contributed by atoms with van der Waals surface area (Å²) in [5.74, 6) is -1.32. The van der Waals surface area contributed by atoms with Gasteiger partial charge in [0.25, 0.3) is 5.91 Å². The van der Waals surface area contributed by atoms with Gasteiger partial charge in [0.2, 0.25) is 0 Å². The molecule has 3 heterocycles. The molecule has 1 aromatic carbocycles. The van der Waals surface area contributed by atoms with E-state index in [4.69, 9.17) is 14.6 Å². The van der Waals surface area contributed by atoms with Gasteiger partial charge >= 0.3 is 5.97 Å². The lowest BCUT2D eigenvalue weighted by molar-refractivity contribution is 0.0160. The van der Waals surface area contributed by atoms with Crippen molar-refractivity contribution in [1.29, 1.82) is 0 Å². The van der Waals surface area contributed by atoms with Crippen LogP contribution in [0.2, 0.25) is 0 Å². The van der Waals surface area contributed by atoms with Gasteiger partial charge in [-0.3, -0.25) is 9.48 Å². The lowest BCUT2D eigenvalue weighted by atomic mass is 9.75. The molecule has 1 spiro atoms. The highest BCUT2D eigenvalue weighted by Crippen LogP contribution is 2.37. The van der Waals surface area contributed by atoms with Crippen LogP contribution in [0.4, 0.5) is 4.39 Å². The standard InChI is InChI=1S/C24H30FN3O4/c1-3-28-21-18(14-24(15-26-22(21)29)8-11-31-12-9-24)20(27-28)5-4-10-32-23(30)17-7-6-16(2)13-19(17)25/h6-7,13H,3-5,8-12,14-15H2,1-2H3,(H,26,29). The Kier molecular flexibility index (Phi) is 6.60. The monoisotopic (exact) mass is 443 g/mol. The summed E-state index contributed by atoms with van der Waals surface area (Å²) in [6.07, 6.45) is 3.73. The first-order valence-electron chi connectivity index (χ1n) is 11.3. The third-order valence-corrected chi connectivity index (χ3v) is 6.51. The predicted molar refractivity (Wildman–Crippen MR) is 116 cm³/mol. The van der Waals surface area contributed by atoms with Crippen LogP contribution in [-0.2, 0) is 28.9 Å². The normalized spacial score (nSPS) is 17.5. The Morgan fingerprint density at radius 2 is 2.12 bits per heavy atom. The molecular formula is C24H30FN3O4. The Morgan fingerprint density at radius 3 is 2.84 bits per heavy atom. The van der Waals surface area contributed by atoms with E-state index in [9.17, 15) is 14.0 Å². The fraction of sp³-hybridized carbons (Fsp3) is 0.542. The van der Waals surface area contributed by atoms with Crippen LogP contribution >= 0.6 is 0 Å². The lowest BCUT2D eigenvalue weighted by Gasteiger charge is -2.36. The average molecular weight is 444 g/mol. The number of hydrogen-bond acceptors (Lipinski definition) is 5. The number of benzene rings is 1. The quantitative estimate of drug-likeness (QED) is 0.548. The molecule has 0 bridgehead atoms. The first kappa shape index (κ1) is 22.5. The number of fused-ring (bicyclic) bond motifs is 1. The smallest absolute Gasteiger partial charge is 0.341 e. The Labute approximate surface area is 187 Å². The van der Waals surface area contributed by atoms with E-state index in [1.807, 2.05) is 6.92 Å². The number of nitrogens with one attached hydrogen (secondary N) is 1. The highest BCUT2D eigenvalue weighted by Gasteiger charge is 2.39. The second-order valence-electron chi connectivity index (χ2n) is 8.78. The van der Waals surface area contributed by atoms with Gasteiger partial charge in [0.05, 0.1) is 17.9 Å². The van der Waals surface area contributed by atoms with E-state index in [1.165, 1.54) is 12.1 Å². The molecule has 32 heavy (non-hydrogen) atoms. The minimum Gasteiger partial charge on any atom is -0.462 e. The summed E-state index contributed by atoms with van der Waals surface area (Å²) < 4.78 is 26.6. The van der Waals surface area contributed by atoms with Crippen molar-refractivity contribution in [3.8, 4) is 0 Å². The van der Waals surface area contributed by atoms with Crippen molar-refractivity contribution in [2.75, 3.05) is 26.4 Å². The highest BCUT2D eigenvalue weighted by atomic mass is 19.1. The molecule has 8 heteroatoms. The van der Waals surface area contributed by atoms with E-state index in [0.29, 0.717) is 44.8 Å². The summed E-state index contributed by atoms with van der Waals surface area (Å²) in [5.41, 5.74) is 3.20. The molecule has 172 valence electrons. The van der Waals surface area contributed by atoms with Crippen molar-refractivity contribution >= 4 is 11.9 Å². The molecule has 1 N–H and O–H groups in total. The number of ether oxygens (including phenoxy) is 2. The molecule has 0 saturated carbocycles. The lowest BCUT2D eigenvalue weighted by Crippen LogP contribution is -2.40. The third kappa shape index (κ3) is 4.55. The largest absolute Gasteiger partial charge is 0.462 e. The number of rotatable bonds is 6. The number of carbonyl (C=O) groups excluding carboxylic acids is 2. The van der Waals surface area contributed by atoms with Gasteiger partial charge in [0.15, 0.2) is 0 Å². The maximum atomic E-state index is 14.0. The number of hydrogen-bond donors (Lipinski definition) is 1. The summed E-state index contributed by atoms with van der Waals surface area (Å²) in [4.78, 5) is 25.1. The van der Waals surface area contributed by atoms with E-state index >= 15 is 0 Å². The zero-order valence-corrected chi connectivity index (χ0v) is 18.7. The van der Waals surface area contributed by atoms with Crippen molar-refractivity contribution in [3.05, 3.63) is 52.1 Å². The first-order chi connectivity index (χ1) is 15.4. The molecular weight excluding hydrogens is 413 g/mol. The highest BCUT2D eigenvalue weighted by molar-refractivity contribution is 5.94. The molecule has 2 aliphatic rings. The number of aromatic nitrogens is 2. The van der Waals surface area contributed by atoms with Gasteiger partial charge in [-0.1, -0.05) is 6.07 Å². The molecule has 1 saturated heterocycles. The van der Waals surface area contributed by atoms with Crippen LogP contribution in [0.15, 0.2) is 18.2 Å². The molecule has 2 aliphatic heterocycles. The van der Waals surface area contributed by atoms with Gasteiger partial charge in [-0.25, -0.2) is 9.18 Å². The Bertz CT molecular complexity index is 1010. The third-order valence-electron chi connectivity index (χ3n) is 6.51. The van der Waals surface area contributed by atoms with Gasteiger partial charge in [0.1, 0.15) is 11.5 Å². The number of amides is 1. The fourth-order valence-electron chi connectivity index (χ4n) is 4.63. The van der Waals surface area contributed by atoms with Crippen LogP contribution in [0.5, 0.6) is 0 Å². The maximum absolute atomic E-state index is 14.0. The van der Waals surface area contributed by atoms with Gasteiger partial charge < -0.3 is 14.8 Å². The summed E-state index contributed by atoms with van der Waals surface area (Å²) in [6, 6.07) is 4.45. The molecule has 7 nitrogen and oxygen atoms in total. The predicted octanol–water partition coefficient (Wildman–Crippen LogP) is 3.22. The molecule has 0 atom stereocenters. The second kappa shape index (κ2) is 9.40. The summed E-state index contributed by atoms with van der Waals surface area (Å²) in [7, 11) is 0. The van der Waals surface area contributed by atoms with Gasteiger partial charge in [-0.15, -0.1) is 0 Å². The van der Waals surface area contributed by atoms with E-state index in [0.717, 1.165) is 36.1 Å². The average Bonchev–Trinajstić information content (AvgIpc) is 3.05. The minimum absolute atomic E-state index is 0.00898. The Hall–Kier alpha value is -2.74. The molecule has 0 unspecified atom stereocenters. The van der Waals surface area contributed by atoms with Crippen LogP contribution in [0.25, 0.3) is 0 Å². The number of aryl methyl sites for hydroxylation is 3. The van der Waals surface area contributed by atoms with Gasteiger partial charge in [0, 0.05) is 31.9 Å². The molecule has 1 amide bonds. The number of halogens is 1. The van der Waals surface area contributed by atoms with Crippen LogP contribution in [0, 0.1) is 18.2 Å². The Balaban J connectivity index is 1.45. The van der Waals surface area contributed by atoms with Crippen molar-refractivity contribution in [2.24, 2.45) is 5.41 Å². The van der Waals surface area contributed by atoms with E-state index in [-0.39, 0.29) is 23.5 Å². The van der Waals surface area contributed by atoms with Crippen LogP contribution in [-0.4, -0.2) is 48.0 Å². The summed E-state index contributed by atoms with van der Waals surface area (Å²) in [6.45, 7) is 6.55. The van der Waals surface area contributed by atoms with E-state index in [1.54, 1.807) is 17.7 Å². The molecule has 1 aromatic heterocycles. The van der Waals surface area contributed by atoms with Crippen LogP contribution in [0.1, 0.15) is 63.9 Å². The van der Waals surface area contributed by atoms with Crippen LogP contribution < -0.4 is 5.32 Å².